The van der Waals surface area contributed by atoms with E-state index in [9.17, 15) is 0 Å². The van der Waals surface area contributed by atoms with Crippen molar-refractivity contribution in [2.24, 2.45) is 5.73 Å². The van der Waals surface area contributed by atoms with Gasteiger partial charge >= 0.3 is 0 Å². The highest BCUT2D eigenvalue weighted by Crippen LogP contribution is 2.28. The van der Waals surface area contributed by atoms with Gasteiger partial charge in [-0.1, -0.05) is 6.08 Å². The largest absolute Gasteiger partial charge is 0.379 e. The quantitative estimate of drug-likeness (QED) is 0.606. The molecule has 0 saturated heterocycles. The van der Waals surface area contributed by atoms with E-state index in [2.05, 4.69) is 23.4 Å². The number of hydrogen-bond donors (Lipinski definition) is 1. The standard InChI is InChI=1S/C14H22N2O/c1-2-3-10-17-11-9-16-8-7-12-13(15)5-4-6-14(12)16/h2,7-8,13H,1,3-6,9-11,15H2. The summed E-state index contributed by atoms with van der Waals surface area (Å²) in [5.41, 5.74) is 8.85. The summed E-state index contributed by atoms with van der Waals surface area (Å²) in [5.74, 6) is 0. The molecule has 0 radical (unpaired) electrons. The first-order valence-corrected chi connectivity index (χ1v) is 6.45. The van der Waals surface area contributed by atoms with Gasteiger partial charge in [-0.2, -0.15) is 0 Å². The van der Waals surface area contributed by atoms with E-state index in [1.54, 1.807) is 0 Å². The Bertz CT molecular complexity index is 370. The molecule has 0 fully saturated rings. The Balaban J connectivity index is 1.87. The molecular formula is C14H22N2O. The van der Waals surface area contributed by atoms with E-state index < -0.39 is 0 Å². The zero-order chi connectivity index (χ0) is 12.1. The lowest BCUT2D eigenvalue weighted by molar-refractivity contribution is 0.130. The van der Waals surface area contributed by atoms with E-state index in [1.165, 1.54) is 17.7 Å². The van der Waals surface area contributed by atoms with Crippen LogP contribution < -0.4 is 5.73 Å². The molecule has 0 saturated carbocycles. The summed E-state index contributed by atoms with van der Waals surface area (Å²) in [5, 5.41) is 0. The van der Waals surface area contributed by atoms with Crippen LogP contribution >= 0.6 is 0 Å². The van der Waals surface area contributed by atoms with Crippen LogP contribution in [0, 0.1) is 0 Å². The minimum absolute atomic E-state index is 0.238. The lowest BCUT2D eigenvalue weighted by Crippen LogP contribution is -2.19. The van der Waals surface area contributed by atoms with Gasteiger partial charge in [0.1, 0.15) is 0 Å². The van der Waals surface area contributed by atoms with Crippen LogP contribution in [0.3, 0.4) is 0 Å². The van der Waals surface area contributed by atoms with Gasteiger partial charge in [0.15, 0.2) is 0 Å². The van der Waals surface area contributed by atoms with Crippen molar-refractivity contribution in [1.29, 1.82) is 0 Å². The average Bonchev–Trinajstić information content (AvgIpc) is 2.74. The summed E-state index contributed by atoms with van der Waals surface area (Å²) in [6.07, 6.45) is 8.43. The fraction of sp³-hybridized carbons (Fsp3) is 0.571. The van der Waals surface area contributed by atoms with E-state index in [1.807, 2.05) is 6.08 Å². The summed E-state index contributed by atoms with van der Waals surface area (Å²) >= 11 is 0. The van der Waals surface area contributed by atoms with Gasteiger partial charge < -0.3 is 15.0 Å². The van der Waals surface area contributed by atoms with E-state index in [4.69, 9.17) is 10.5 Å². The molecule has 1 heterocycles. The SMILES string of the molecule is C=CCCOCCn1ccc2c1CCCC2N. The maximum absolute atomic E-state index is 6.10. The summed E-state index contributed by atoms with van der Waals surface area (Å²) in [4.78, 5) is 0. The fourth-order valence-corrected chi connectivity index (χ4v) is 2.43. The van der Waals surface area contributed by atoms with Crippen LogP contribution in [0.4, 0.5) is 0 Å². The van der Waals surface area contributed by atoms with Gasteiger partial charge in [0.2, 0.25) is 0 Å². The number of rotatable bonds is 6. The Hall–Kier alpha value is -1.06. The molecule has 2 rings (SSSR count). The highest BCUT2D eigenvalue weighted by Gasteiger charge is 2.19. The van der Waals surface area contributed by atoms with Crippen molar-refractivity contribution in [2.75, 3.05) is 13.2 Å². The maximum atomic E-state index is 6.10. The van der Waals surface area contributed by atoms with Crippen molar-refractivity contribution in [3.63, 3.8) is 0 Å². The Labute approximate surface area is 103 Å². The maximum Gasteiger partial charge on any atom is 0.0645 e. The molecule has 1 aromatic heterocycles. The molecule has 0 spiro atoms. The Morgan fingerprint density at radius 1 is 1.53 bits per heavy atom. The second kappa shape index (κ2) is 6.03. The third kappa shape index (κ3) is 2.99. The monoisotopic (exact) mass is 234 g/mol. The number of ether oxygens (including phenoxy) is 1. The number of aromatic nitrogens is 1. The predicted molar refractivity (Wildman–Crippen MR) is 69.9 cm³/mol. The van der Waals surface area contributed by atoms with Gasteiger partial charge in [-0.3, -0.25) is 0 Å². The number of hydrogen-bond acceptors (Lipinski definition) is 2. The van der Waals surface area contributed by atoms with Crippen LogP contribution in [-0.2, 0) is 17.7 Å². The molecule has 0 aliphatic heterocycles. The first-order valence-electron chi connectivity index (χ1n) is 6.45. The zero-order valence-corrected chi connectivity index (χ0v) is 10.4. The Morgan fingerprint density at radius 3 is 3.24 bits per heavy atom. The van der Waals surface area contributed by atoms with Gasteiger partial charge in [-0.05, 0) is 37.3 Å². The van der Waals surface area contributed by atoms with Crippen molar-refractivity contribution >= 4 is 0 Å². The van der Waals surface area contributed by atoms with Gasteiger partial charge in [0, 0.05) is 24.5 Å². The van der Waals surface area contributed by atoms with Crippen molar-refractivity contribution in [3.8, 4) is 0 Å². The second-order valence-electron chi connectivity index (χ2n) is 4.60. The van der Waals surface area contributed by atoms with E-state index in [0.29, 0.717) is 0 Å². The molecule has 0 aromatic carbocycles. The van der Waals surface area contributed by atoms with Crippen molar-refractivity contribution < 1.29 is 4.74 Å². The first kappa shape index (κ1) is 12.4. The number of nitrogens with zero attached hydrogens (tertiary/aromatic N) is 1. The van der Waals surface area contributed by atoms with Crippen LogP contribution in [0.15, 0.2) is 24.9 Å². The lowest BCUT2D eigenvalue weighted by atomic mass is 9.94. The van der Waals surface area contributed by atoms with Gasteiger partial charge in [0.05, 0.1) is 13.2 Å². The molecule has 1 aliphatic rings. The average molecular weight is 234 g/mol. The highest BCUT2D eigenvalue weighted by molar-refractivity contribution is 5.28. The molecule has 1 aromatic rings. The molecule has 1 atom stereocenters. The molecule has 0 bridgehead atoms. The third-order valence-electron chi connectivity index (χ3n) is 3.38. The van der Waals surface area contributed by atoms with Crippen LogP contribution in [0.2, 0.25) is 0 Å². The lowest BCUT2D eigenvalue weighted by Gasteiger charge is -2.20. The van der Waals surface area contributed by atoms with Crippen LogP contribution in [-0.4, -0.2) is 17.8 Å². The molecule has 2 N–H and O–H groups in total. The molecule has 94 valence electrons. The number of nitrogens with two attached hydrogens (primary N) is 1. The normalized spacial score (nSPS) is 19.0. The summed E-state index contributed by atoms with van der Waals surface area (Å²) in [6, 6.07) is 2.41. The summed E-state index contributed by atoms with van der Waals surface area (Å²) in [7, 11) is 0. The van der Waals surface area contributed by atoms with E-state index in [0.717, 1.165) is 39.0 Å². The van der Waals surface area contributed by atoms with Crippen molar-refractivity contribution in [1.82, 2.24) is 4.57 Å². The van der Waals surface area contributed by atoms with E-state index >= 15 is 0 Å². The minimum Gasteiger partial charge on any atom is -0.379 e. The highest BCUT2D eigenvalue weighted by atomic mass is 16.5. The van der Waals surface area contributed by atoms with Gasteiger partial charge in [0.25, 0.3) is 0 Å². The fourth-order valence-electron chi connectivity index (χ4n) is 2.43. The zero-order valence-electron chi connectivity index (χ0n) is 10.4. The molecule has 1 unspecified atom stereocenters. The number of fused-ring (bicyclic) bond motifs is 1. The molecular weight excluding hydrogens is 212 g/mol. The molecule has 17 heavy (non-hydrogen) atoms. The van der Waals surface area contributed by atoms with Crippen molar-refractivity contribution in [2.45, 2.75) is 38.3 Å². The topological polar surface area (TPSA) is 40.2 Å². The van der Waals surface area contributed by atoms with Crippen LogP contribution in [0.5, 0.6) is 0 Å². The van der Waals surface area contributed by atoms with Crippen LogP contribution in [0.1, 0.15) is 36.6 Å². The van der Waals surface area contributed by atoms with Crippen molar-refractivity contribution in [3.05, 3.63) is 36.2 Å². The Kier molecular flexibility index (Phi) is 4.40. The molecule has 1 aliphatic carbocycles. The first-order chi connectivity index (χ1) is 8.33. The molecule has 0 amide bonds. The summed E-state index contributed by atoms with van der Waals surface area (Å²) < 4.78 is 7.84. The smallest absolute Gasteiger partial charge is 0.0645 e. The Morgan fingerprint density at radius 2 is 2.41 bits per heavy atom. The minimum atomic E-state index is 0.238. The predicted octanol–water partition coefficient (Wildman–Crippen LogP) is 2.42. The molecule has 3 heteroatoms. The van der Waals surface area contributed by atoms with Gasteiger partial charge in [-0.25, -0.2) is 0 Å². The van der Waals surface area contributed by atoms with E-state index in [-0.39, 0.29) is 6.04 Å². The molecule has 3 nitrogen and oxygen atoms in total. The third-order valence-corrected chi connectivity index (χ3v) is 3.38. The summed E-state index contributed by atoms with van der Waals surface area (Å²) in [6.45, 7) is 6.14. The van der Waals surface area contributed by atoms with Gasteiger partial charge in [-0.15, -0.1) is 6.58 Å². The van der Waals surface area contributed by atoms with Crippen LogP contribution in [0.25, 0.3) is 0 Å². The second-order valence-corrected chi connectivity index (χ2v) is 4.60.